The average molecular weight is 416 g/mol. The summed E-state index contributed by atoms with van der Waals surface area (Å²) in [6.07, 6.45) is 4.51. The van der Waals surface area contributed by atoms with E-state index in [1.54, 1.807) is 30.1 Å². The first-order valence-electron chi connectivity index (χ1n) is 9.27. The van der Waals surface area contributed by atoms with Gasteiger partial charge in [0, 0.05) is 25.5 Å². The first kappa shape index (κ1) is 20.2. The molecule has 3 rings (SSSR count). The van der Waals surface area contributed by atoms with E-state index in [-0.39, 0.29) is 35.5 Å². The van der Waals surface area contributed by atoms with Crippen LogP contribution in [0, 0.1) is 0 Å². The number of likely N-dealkylation sites (tertiary alicyclic amines) is 1. The number of carbonyl (C=O) groups excluding carboxylic acids is 1. The molecular weight excluding hydrogens is 390 g/mol. The van der Waals surface area contributed by atoms with Gasteiger partial charge in [-0.05, 0) is 49.8 Å². The monoisotopic (exact) mass is 415 g/mol. The zero-order valence-electron chi connectivity index (χ0n) is 15.4. The molecule has 2 N–H and O–H groups in total. The van der Waals surface area contributed by atoms with Crippen molar-refractivity contribution in [2.75, 3.05) is 20.2 Å². The number of halogens is 1. The molecule has 1 saturated carbocycles. The SMILES string of the molecule is CNC(=O)N1CCCCC1COc1ccc(CCl)cc1S(=O)(=O)NC1CC1. The molecule has 2 amide bonds. The Balaban J connectivity index is 1.78. The van der Waals surface area contributed by atoms with Crippen LogP contribution in [0.4, 0.5) is 4.79 Å². The van der Waals surface area contributed by atoms with E-state index in [0.29, 0.717) is 17.9 Å². The largest absolute Gasteiger partial charge is 0.490 e. The highest BCUT2D eigenvalue weighted by Gasteiger charge is 2.31. The van der Waals surface area contributed by atoms with Crippen molar-refractivity contribution in [2.24, 2.45) is 0 Å². The molecule has 1 unspecified atom stereocenters. The van der Waals surface area contributed by atoms with Gasteiger partial charge >= 0.3 is 6.03 Å². The molecule has 1 atom stereocenters. The fraction of sp³-hybridized carbons (Fsp3) is 0.611. The van der Waals surface area contributed by atoms with Gasteiger partial charge in [0.05, 0.1) is 6.04 Å². The van der Waals surface area contributed by atoms with Crippen molar-refractivity contribution in [3.8, 4) is 5.75 Å². The van der Waals surface area contributed by atoms with Crippen molar-refractivity contribution in [3.05, 3.63) is 23.8 Å². The second-order valence-electron chi connectivity index (χ2n) is 7.02. The molecule has 0 spiro atoms. The van der Waals surface area contributed by atoms with Gasteiger partial charge in [-0.3, -0.25) is 0 Å². The highest BCUT2D eigenvalue weighted by atomic mass is 35.5. The summed E-state index contributed by atoms with van der Waals surface area (Å²) in [5.74, 6) is 0.513. The molecule has 27 heavy (non-hydrogen) atoms. The first-order valence-corrected chi connectivity index (χ1v) is 11.3. The number of urea groups is 1. The Morgan fingerprint density at radius 1 is 1.30 bits per heavy atom. The van der Waals surface area contributed by atoms with E-state index in [9.17, 15) is 13.2 Å². The summed E-state index contributed by atoms with van der Waals surface area (Å²) in [7, 11) is -2.07. The average Bonchev–Trinajstić information content (AvgIpc) is 3.49. The van der Waals surface area contributed by atoms with E-state index in [2.05, 4.69) is 10.0 Å². The summed E-state index contributed by atoms with van der Waals surface area (Å²) in [6, 6.07) is 4.75. The summed E-state index contributed by atoms with van der Waals surface area (Å²) >= 11 is 5.88. The van der Waals surface area contributed by atoms with Crippen LogP contribution in [0.3, 0.4) is 0 Å². The molecule has 1 heterocycles. The molecule has 1 aliphatic carbocycles. The predicted molar refractivity (Wildman–Crippen MR) is 104 cm³/mol. The van der Waals surface area contributed by atoms with Crippen molar-refractivity contribution in [1.82, 2.24) is 14.9 Å². The van der Waals surface area contributed by atoms with Crippen LogP contribution in [-0.2, 0) is 15.9 Å². The Morgan fingerprint density at radius 2 is 2.07 bits per heavy atom. The second-order valence-corrected chi connectivity index (χ2v) is 8.97. The zero-order valence-corrected chi connectivity index (χ0v) is 17.0. The Bertz CT molecular complexity index is 783. The third kappa shape index (κ3) is 5.06. The number of nitrogens with zero attached hydrogens (tertiary/aromatic N) is 1. The number of nitrogens with one attached hydrogen (secondary N) is 2. The molecule has 0 bridgehead atoms. The minimum Gasteiger partial charge on any atom is -0.490 e. The minimum atomic E-state index is -3.67. The lowest BCUT2D eigenvalue weighted by molar-refractivity contribution is 0.116. The molecule has 0 aromatic heterocycles. The quantitative estimate of drug-likeness (QED) is 0.669. The van der Waals surface area contributed by atoms with Crippen LogP contribution in [0.15, 0.2) is 23.1 Å². The molecule has 2 aliphatic rings. The van der Waals surface area contributed by atoms with Gasteiger partial charge in [0.15, 0.2) is 0 Å². The Kier molecular flexibility index (Phi) is 6.49. The molecule has 1 aromatic rings. The van der Waals surface area contributed by atoms with E-state index in [1.807, 2.05) is 0 Å². The number of hydrogen-bond donors (Lipinski definition) is 2. The van der Waals surface area contributed by atoms with Crippen LogP contribution in [0.1, 0.15) is 37.7 Å². The summed E-state index contributed by atoms with van der Waals surface area (Å²) < 4.78 is 34.1. The van der Waals surface area contributed by atoms with Crippen molar-refractivity contribution in [2.45, 2.75) is 55.0 Å². The van der Waals surface area contributed by atoms with Crippen molar-refractivity contribution in [1.29, 1.82) is 0 Å². The lowest BCUT2D eigenvalue weighted by atomic mass is 10.0. The third-order valence-electron chi connectivity index (χ3n) is 4.88. The molecule has 2 fully saturated rings. The molecule has 9 heteroatoms. The van der Waals surface area contributed by atoms with Gasteiger partial charge in [0.25, 0.3) is 0 Å². The van der Waals surface area contributed by atoms with Gasteiger partial charge < -0.3 is 15.0 Å². The van der Waals surface area contributed by atoms with Gasteiger partial charge in [-0.25, -0.2) is 17.9 Å². The lowest BCUT2D eigenvalue weighted by Gasteiger charge is -2.35. The molecular formula is C18H26ClN3O4S. The highest BCUT2D eigenvalue weighted by molar-refractivity contribution is 7.89. The molecule has 150 valence electrons. The summed E-state index contributed by atoms with van der Waals surface area (Å²) in [6.45, 7) is 0.923. The minimum absolute atomic E-state index is 0.00425. The lowest BCUT2D eigenvalue weighted by Crippen LogP contribution is -2.50. The van der Waals surface area contributed by atoms with Gasteiger partial charge in [-0.1, -0.05) is 6.07 Å². The molecule has 1 saturated heterocycles. The molecule has 1 aliphatic heterocycles. The Hall–Kier alpha value is -1.51. The van der Waals surface area contributed by atoms with Gasteiger partial charge in [0.2, 0.25) is 10.0 Å². The maximum absolute atomic E-state index is 12.7. The van der Waals surface area contributed by atoms with Crippen LogP contribution in [0.5, 0.6) is 5.75 Å². The van der Waals surface area contributed by atoms with Crippen LogP contribution in [0.25, 0.3) is 0 Å². The molecule has 7 nitrogen and oxygen atoms in total. The third-order valence-corrected chi connectivity index (χ3v) is 6.73. The fourth-order valence-corrected chi connectivity index (χ4v) is 4.89. The standard InChI is InChI=1S/C18H26ClN3O4S/c1-20-18(23)22-9-3-2-4-15(22)12-26-16-8-5-13(11-19)10-17(16)27(24,25)21-14-6-7-14/h5,8,10,14-15,21H,2-4,6-7,9,11-12H2,1H3,(H,20,23). The molecule has 0 radical (unpaired) electrons. The van der Waals surface area contributed by atoms with Crippen molar-refractivity contribution in [3.63, 3.8) is 0 Å². The number of benzene rings is 1. The molecule has 1 aromatic carbocycles. The fourth-order valence-electron chi connectivity index (χ4n) is 3.22. The maximum atomic E-state index is 12.7. The number of amides is 2. The normalized spacial score (nSPS) is 20.4. The Labute approximate surface area is 165 Å². The van der Waals surface area contributed by atoms with E-state index in [1.165, 1.54) is 0 Å². The van der Waals surface area contributed by atoms with Crippen LogP contribution in [-0.4, -0.2) is 51.6 Å². The van der Waals surface area contributed by atoms with Crippen LogP contribution >= 0.6 is 11.6 Å². The topological polar surface area (TPSA) is 87.7 Å². The van der Waals surface area contributed by atoms with E-state index in [4.69, 9.17) is 16.3 Å². The van der Waals surface area contributed by atoms with Crippen molar-refractivity contribution < 1.29 is 17.9 Å². The number of ether oxygens (including phenoxy) is 1. The van der Waals surface area contributed by atoms with E-state index < -0.39 is 10.0 Å². The zero-order chi connectivity index (χ0) is 19.4. The number of piperidine rings is 1. The van der Waals surface area contributed by atoms with Gasteiger partial charge in [0.1, 0.15) is 17.3 Å². The summed E-state index contributed by atoms with van der Waals surface area (Å²) in [5.41, 5.74) is 0.713. The van der Waals surface area contributed by atoms with Gasteiger partial charge in [-0.2, -0.15) is 0 Å². The highest BCUT2D eigenvalue weighted by Crippen LogP contribution is 2.30. The second kappa shape index (κ2) is 8.67. The van der Waals surface area contributed by atoms with E-state index in [0.717, 1.165) is 32.1 Å². The summed E-state index contributed by atoms with van der Waals surface area (Å²) in [5, 5.41) is 2.65. The maximum Gasteiger partial charge on any atom is 0.317 e. The van der Waals surface area contributed by atoms with Crippen LogP contribution < -0.4 is 14.8 Å². The Morgan fingerprint density at radius 3 is 2.74 bits per heavy atom. The first-order chi connectivity index (χ1) is 12.9. The summed E-state index contributed by atoms with van der Waals surface area (Å²) in [4.78, 5) is 13.9. The van der Waals surface area contributed by atoms with Crippen molar-refractivity contribution >= 4 is 27.7 Å². The smallest absolute Gasteiger partial charge is 0.317 e. The number of rotatable bonds is 7. The van der Waals surface area contributed by atoms with Crippen LogP contribution in [0.2, 0.25) is 0 Å². The predicted octanol–water partition coefficient (Wildman–Crippen LogP) is 2.44. The number of sulfonamides is 1. The number of alkyl halides is 1. The number of carbonyl (C=O) groups is 1. The van der Waals surface area contributed by atoms with E-state index >= 15 is 0 Å². The van der Waals surface area contributed by atoms with Gasteiger partial charge in [-0.15, -0.1) is 11.6 Å². The number of hydrogen-bond acceptors (Lipinski definition) is 4.